The summed E-state index contributed by atoms with van der Waals surface area (Å²) < 4.78 is 1.33. The van der Waals surface area contributed by atoms with E-state index in [1.807, 2.05) is 0 Å². The van der Waals surface area contributed by atoms with Gasteiger partial charge in [0.1, 0.15) is 18.3 Å². The van der Waals surface area contributed by atoms with Crippen molar-refractivity contribution < 1.29 is 25.5 Å². The van der Waals surface area contributed by atoms with E-state index < -0.39 is 31.0 Å². The van der Waals surface area contributed by atoms with Gasteiger partial charge in [-0.1, -0.05) is 12.8 Å². The molecule has 4 atom stereocenters. The quantitative estimate of drug-likeness (QED) is 0.274. The molecule has 0 amide bonds. The summed E-state index contributed by atoms with van der Waals surface area (Å²) in [5, 5.41) is 45.3. The minimum Gasteiger partial charge on any atom is -0.394 e. The van der Waals surface area contributed by atoms with Gasteiger partial charge in [0, 0.05) is 6.54 Å². The van der Waals surface area contributed by atoms with Crippen LogP contribution in [0.2, 0.25) is 0 Å². The first-order valence-electron chi connectivity index (χ1n) is 4.13. The number of likely N-dealkylation sites (N-methyl/N-ethyl adjacent to an activating group) is 1. The second-order valence-electron chi connectivity index (χ2n) is 3.14. The second kappa shape index (κ2) is 6.57. The molecule has 0 fully saturated rings. The maximum atomic E-state index is 9.31. The van der Waals surface area contributed by atoms with Gasteiger partial charge in [0.25, 0.3) is 0 Å². The van der Waals surface area contributed by atoms with Crippen LogP contribution in [0.15, 0.2) is 0 Å². The largest absolute Gasteiger partial charge is 0.394 e. The smallest absolute Gasteiger partial charge is 0.111 e. The normalized spacial score (nSPS) is 20.6. The zero-order valence-electron chi connectivity index (χ0n) is 7.85. The molecule has 6 nitrogen and oxygen atoms in total. The molecule has 0 bridgehead atoms. The molecule has 5 N–H and O–H groups in total. The second-order valence-corrected chi connectivity index (χ2v) is 3.82. The van der Waals surface area contributed by atoms with E-state index in [0.29, 0.717) is 0 Å². The molecule has 0 spiro atoms. The van der Waals surface area contributed by atoms with Crippen molar-refractivity contribution in [2.45, 2.75) is 24.4 Å². The van der Waals surface area contributed by atoms with E-state index in [1.165, 1.54) is 4.31 Å². The van der Waals surface area contributed by atoms with Gasteiger partial charge < -0.3 is 25.5 Å². The Labute approximate surface area is 88.0 Å². The lowest BCUT2D eigenvalue weighted by Crippen LogP contribution is -2.48. The molecule has 0 aliphatic heterocycles. The van der Waals surface area contributed by atoms with Crippen molar-refractivity contribution in [3.05, 3.63) is 0 Å². The molecule has 0 aliphatic rings. The van der Waals surface area contributed by atoms with Crippen LogP contribution in [-0.2, 0) is 0 Å². The van der Waals surface area contributed by atoms with Crippen molar-refractivity contribution in [1.29, 1.82) is 0 Å². The van der Waals surface area contributed by atoms with Crippen LogP contribution >= 0.6 is 12.8 Å². The first-order valence-corrected chi connectivity index (χ1v) is 4.53. The number of aliphatic hydroxyl groups is 5. The summed E-state index contributed by atoms with van der Waals surface area (Å²) in [6, 6.07) is 0. The molecule has 4 unspecified atom stereocenters. The molecular formula is C7H17NO5S. The molecular weight excluding hydrogens is 210 g/mol. The lowest BCUT2D eigenvalue weighted by atomic mass is 10.0. The van der Waals surface area contributed by atoms with E-state index in [0.717, 1.165) is 0 Å². The van der Waals surface area contributed by atoms with E-state index in [1.54, 1.807) is 7.05 Å². The third-order valence-electron chi connectivity index (χ3n) is 1.78. The van der Waals surface area contributed by atoms with Gasteiger partial charge in [-0.2, -0.15) is 0 Å². The number of nitrogens with zero attached hydrogens (tertiary/aromatic N) is 1. The number of rotatable bonds is 6. The summed E-state index contributed by atoms with van der Waals surface area (Å²) >= 11 is 3.84. The van der Waals surface area contributed by atoms with Crippen LogP contribution < -0.4 is 0 Å². The average Bonchev–Trinajstić information content (AvgIpc) is 2.13. The summed E-state index contributed by atoms with van der Waals surface area (Å²) in [5.41, 5.74) is 0. The Bertz CT molecular complexity index is 159. The van der Waals surface area contributed by atoms with Gasteiger partial charge >= 0.3 is 0 Å². The van der Waals surface area contributed by atoms with Crippen molar-refractivity contribution in [3.8, 4) is 0 Å². The Balaban J connectivity index is 4.09. The molecule has 0 saturated heterocycles. The van der Waals surface area contributed by atoms with Crippen molar-refractivity contribution in [1.82, 2.24) is 4.31 Å². The SMILES string of the molecule is CN(S)CC(O)C(O)C(O)C(O)CO. The molecule has 0 aromatic heterocycles. The number of hydrogen-bond acceptors (Lipinski definition) is 7. The van der Waals surface area contributed by atoms with Gasteiger partial charge in [-0.05, 0) is 7.05 Å². The van der Waals surface area contributed by atoms with Gasteiger partial charge in [-0.3, -0.25) is 4.31 Å². The van der Waals surface area contributed by atoms with Gasteiger partial charge in [0.05, 0.1) is 12.7 Å². The van der Waals surface area contributed by atoms with Crippen molar-refractivity contribution in [2.75, 3.05) is 20.2 Å². The summed E-state index contributed by atoms with van der Waals surface area (Å²) in [6.07, 6.45) is -5.81. The summed E-state index contributed by atoms with van der Waals surface area (Å²) in [7, 11) is 1.56. The highest BCUT2D eigenvalue weighted by Gasteiger charge is 2.30. The van der Waals surface area contributed by atoms with Crippen LogP contribution in [0.5, 0.6) is 0 Å². The van der Waals surface area contributed by atoms with E-state index in [9.17, 15) is 15.3 Å². The number of hydrogen-bond donors (Lipinski definition) is 6. The van der Waals surface area contributed by atoms with Gasteiger partial charge in [0.15, 0.2) is 0 Å². The Morgan fingerprint density at radius 1 is 1.07 bits per heavy atom. The minimum absolute atomic E-state index is 0.0273. The van der Waals surface area contributed by atoms with Crippen molar-refractivity contribution in [3.63, 3.8) is 0 Å². The van der Waals surface area contributed by atoms with Crippen LogP contribution in [0.1, 0.15) is 0 Å². The molecule has 0 aliphatic carbocycles. The molecule has 0 saturated carbocycles. The minimum atomic E-state index is -1.58. The third-order valence-corrected chi connectivity index (χ3v) is 1.94. The summed E-state index contributed by atoms with van der Waals surface area (Å²) in [4.78, 5) is 0. The zero-order valence-corrected chi connectivity index (χ0v) is 8.75. The number of thiol groups is 1. The van der Waals surface area contributed by atoms with Crippen molar-refractivity contribution >= 4 is 12.8 Å². The molecule has 0 aromatic rings. The molecule has 0 heterocycles. The molecule has 7 heteroatoms. The van der Waals surface area contributed by atoms with E-state index in [4.69, 9.17) is 10.2 Å². The average molecular weight is 227 g/mol. The van der Waals surface area contributed by atoms with Gasteiger partial charge in [-0.25, -0.2) is 0 Å². The van der Waals surface area contributed by atoms with E-state index >= 15 is 0 Å². The molecule has 0 aromatic carbocycles. The highest BCUT2D eigenvalue weighted by Crippen LogP contribution is 2.06. The third kappa shape index (κ3) is 4.56. The molecule has 14 heavy (non-hydrogen) atoms. The molecule has 86 valence electrons. The lowest BCUT2D eigenvalue weighted by Gasteiger charge is -2.26. The van der Waals surface area contributed by atoms with Crippen LogP contribution in [0, 0.1) is 0 Å². The Kier molecular flexibility index (Phi) is 6.62. The Hall–Kier alpha value is 0.110. The van der Waals surface area contributed by atoms with Crippen molar-refractivity contribution in [2.24, 2.45) is 0 Å². The highest BCUT2D eigenvalue weighted by molar-refractivity contribution is 7.77. The van der Waals surface area contributed by atoms with Gasteiger partial charge in [0.2, 0.25) is 0 Å². The monoisotopic (exact) mass is 227 g/mol. The fraction of sp³-hybridized carbons (Fsp3) is 1.00. The van der Waals surface area contributed by atoms with E-state index in [2.05, 4.69) is 12.8 Å². The predicted molar refractivity (Wildman–Crippen MR) is 52.7 cm³/mol. The topological polar surface area (TPSA) is 104 Å². The first-order chi connectivity index (χ1) is 6.40. The lowest BCUT2D eigenvalue weighted by molar-refractivity contribution is -0.115. The summed E-state index contributed by atoms with van der Waals surface area (Å²) in [6.45, 7) is -0.652. The Morgan fingerprint density at radius 2 is 1.50 bits per heavy atom. The molecule has 0 radical (unpaired) electrons. The van der Waals surface area contributed by atoms with Crippen LogP contribution in [0.4, 0.5) is 0 Å². The van der Waals surface area contributed by atoms with Gasteiger partial charge in [-0.15, -0.1) is 0 Å². The fourth-order valence-electron chi connectivity index (χ4n) is 0.942. The predicted octanol–water partition coefficient (Wildman–Crippen LogP) is -2.80. The Morgan fingerprint density at radius 3 is 1.86 bits per heavy atom. The van der Waals surface area contributed by atoms with Crippen LogP contribution in [-0.4, -0.2) is 74.5 Å². The number of aliphatic hydroxyl groups excluding tert-OH is 5. The fourth-order valence-corrected chi connectivity index (χ4v) is 1.11. The zero-order chi connectivity index (χ0) is 11.3. The van der Waals surface area contributed by atoms with Crippen LogP contribution in [0.3, 0.4) is 0 Å². The highest BCUT2D eigenvalue weighted by atomic mass is 32.1. The van der Waals surface area contributed by atoms with Crippen LogP contribution in [0.25, 0.3) is 0 Å². The standard InChI is InChI=1S/C7H17NO5S/c1-8(14)2-4(10)6(12)7(13)5(11)3-9/h4-7,9-14H,2-3H2,1H3. The first kappa shape index (κ1) is 14.1. The maximum Gasteiger partial charge on any atom is 0.111 e. The molecule has 0 rings (SSSR count). The van der Waals surface area contributed by atoms with E-state index in [-0.39, 0.29) is 6.54 Å². The maximum absolute atomic E-state index is 9.31. The summed E-state index contributed by atoms with van der Waals surface area (Å²) in [5.74, 6) is 0.